The lowest BCUT2D eigenvalue weighted by atomic mass is 9.74. The molecule has 94 valence electrons. The van der Waals surface area contributed by atoms with Crippen LogP contribution in [0.2, 0.25) is 0 Å². The lowest BCUT2D eigenvalue weighted by molar-refractivity contribution is -0.126. The lowest BCUT2D eigenvalue weighted by Gasteiger charge is -2.32. The van der Waals surface area contributed by atoms with E-state index in [1.54, 1.807) is 0 Å². The van der Waals surface area contributed by atoms with Gasteiger partial charge in [-0.3, -0.25) is 4.79 Å². The number of carbonyl (C=O) groups is 1. The molecule has 0 atom stereocenters. The minimum atomic E-state index is 0.275. The van der Waals surface area contributed by atoms with Crippen molar-refractivity contribution in [2.75, 3.05) is 6.54 Å². The summed E-state index contributed by atoms with van der Waals surface area (Å²) < 4.78 is 0. The molecule has 2 heteroatoms. The Morgan fingerprint density at radius 1 is 1.19 bits per heavy atom. The van der Waals surface area contributed by atoms with Crippen LogP contribution >= 0.6 is 0 Å². The molecule has 1 N–H and O–H groups in total. The summed E-state index contributed by atoms with van der Waals surface area (Å²) in [5, 5.41) is 2.94. The third-order valence-electron chi connectivity index (χ3n) is 3.47. The molecule has 0 heterocycles. The molecule has 0 radical (unpaired) electrons. The largest absolute Gasteiger partial charge is 0.356 e. The molecule has 1 saturated carbocycles. The van der Waals surface area contributed by atoms with E-state index in [4.69, 9.17) is 0 Å². The van der Waals surface area contributed by atoms with Crippen molar-refractivity contribution in [2.24, 2.45) is 17.3 Å². The highest BCUT2D eigenvalue weighted by molar-refractivity contribution is 5.78. The van der Waals surface area contributed by atoms with Crippen LogP contribution in [-0.2, 0) is 4.79 Å². The van der Waals surface area contributed by atoms with E-state index in [9.17, 15) is 4.79 Å². The number of rotatable bonds is 3. The minimum absolute atomic E-state index is 0.275. The van der Waals surface area contributed by atoms with Crippen LogP contribution < -0.4 is 5.32 Å². The van der Waals surface area contributed by atoms with Crippen LogP contribution in [0.25, 0.3) is 0 Å². The lowest BCUT2D eigenvalue weighted by Crippen LogP contribution is -2.33. The Labute approximate surface area is 100 Å². The highest BCUT2D eigenvalue weighted by atomic mass is 16.1. The monoisotopic (exact) mass is 225 g/mol. The Balaban J connectivity index is 2.31. The van der Waals surface area contributed by atoms with Crippen molar-refractivity contribution in [2.45, 2.75) is 59.8 Å². The van der Waals surface area contributed by atoms with E-state index in [2.05, 4.69) is 26.1 Å². The molecule has 0 aromatic carbocycles. The molecule has 1 fully saturated rings. The summed E-state index contributed by atoms with van der Waals surface area (Å²) in [5.74, 6) is 1.40. The van der Waals surface area contributed by atoms with E-state index >= 15 is 0 Å². The van der Waals surface area contributed by atoms with Crippen molar-refractivity contribution < 1.29 is 4.79 Å². The molecular weight excluding hydrogens is 198 g/mol. The summed E-state index contributed by atoms with van der Waals surface area (Å²) in [5.41, 5.74) is 0.434. The summed E-state index contributed by atoms with van der Waals surface area (Å²) in [6.45, 7) is 9.68. The molecule has 1 aliphatic carbocycles. The van der Waals surface area contributed by atoms with Gasteiger partial charge in [0, 0.05) is 12.5 Å². The Morgan fingerprint density at radius 2 is 1.75 bits per heavy atom. The normalized spacial score (nSPS) is 26.5. The highest BCUT2D eigenvalue weighted by Gasteiger charge is 2.28. The van der Waals surface area contributed by atoms with Gasteiger partial charge in [0.05, 0.1) is 0 Å². The zero-order valence-electron chi connectivity index (χ0n) is 11.3. The number of amides is 1. The number of hydrogen-bond donors (Lipinski definition) is 1. The van der Waals surface area contributed by atoms with Crippen LogP contribution in [0.3, 0.4) is 0 Å². The van der Waals surface area contributed by atoms with Crippen LogP contribution in [-0.4, -0.2) is 12.5 Å². The smallest absolute Gasteiger partial charge is 0.223 e. The first-order valence-corrected chi connectivity index (χ1v) is 6.70. The predicted octanol–water partition coefficient (Wildman–Crippen LogP) is 3.37. The quantitative estimate of drug-likeness (QED) is 0.784. The van der Waals surface area contributed by atoms with Crippen molar-refractivity contribution in [1.29, 1.82) is 0 Å². The van der Waals surface area contributed by atoms with Crippen LogP contribution in [0.15, 0.2) is 0 Å². The molecule has 0 unspecified atom stereocenters. The Kier molecular flexibility index (Phi) is 4.82. The molecule has 1 amide bonds. The van der Waals surface area contributed by atoms with Gasteiger partial charge in [-0.25, -0.2) is 0 Å². The van der Waals surface area contributed by atoms with Gasteiger partial charge in [0.15, 0.2) is 0 Å². The van der Waals surface area contributed by atoms with Crippen molar-refractivity contribution in [3.8, 4) is 0 Å². The second kappa shape index (κ2) is 5.70. The first-order valence-electron chi connectivity index (χ1n) is 6.70. The Hall–Kier alpha value is -0.530. The van der Waals surface area contributed by atoms with E-state index in [0.29, 0.717) is 5.41 Å². The summed E-state index contributed by atoms with van der Waals surface area (Å²) in [6, 6.07) is 0. The van der Waals surface area contributed by atoms with Crippen LogP contribution in [0.5, 0.6) is 0 Å². The first kappa shape index (κ1) is 13.5. The molecule has 1 rings (SSSR count). The summed E-state index contributed by atoms with van der Waals surface area (Å²) in [4.78, 5) is 11.7. The van der Waals surface area contributed by atoms with E-state index in [1.165, 1.54) is 19.3 Å². The second-order valence-corrected chi connectivity index (χ2v) is 6.38. The number of nitrogens with one attached hydrogen (secondary N) is 1. The molecule has 0 saturated heterocycles. The molecule has 0 bridgehead atoms. The molecule has 1 aliphatic rings. The molecule has 2 nitrogen and oxygen atoms in total. The SMILES string of the molecule is CCNC(=O)C1CCC(CC(C)(C)C)CC1. The standard InChI is InChI=1S/C14H27NO/c1-5-15-13(16)12-8-6-11(7-9-12)10-14(2,3)4/h11-12H,5-10H2,1-4H3,(H,15,16). The number of carbonyl (C=O) groups excluding carboxylic acids is 1. The van der Waals surface area contributed by atoms with Gasteiger partial charge in [0.1, 0.15) is 0 Å². The molecule has 0 aromatic heterocycles. The highest BCUT2D eigenvalue weighted by Crippen LogP contribution is 2.36. The van der Waals surface area contributed by atoms with Crippen LogP contribution in [0, 0.1) is 17.3 Å². The summed E-state index contributed by atoms with van der Waals surface area (Å²) >= 11 is 0. The Morgan fingerprint density at radius 3 is 2.19 bits per heavy atom. The third-order valence-corrected chi connectivity index (χ3v) is 3.47. The first-order chi connectivity index (χ1) is 7.42. The number of hydrogen-bond acceptors (Lipinski definition) is 1. The molecular formula is C14H27NO. The average molecular weight is 225 g/mol. The van der Waals surface area contributed by atoms with E-state index in [0.717, 1.165) is 25.3 Å². The zero-order chi connectivity index (χ0) is 12.2. The minimum Gasteiger partial charge on any atom is -0.356 e. The third kappa shape index (κ3) is 4.54. The van der Waals surface area contributed by atoms with Gasteiger partial charge >= 0.3 is 0 Å². The van der Waals surface area contributed by atoms with Gasteiger partial charge in [-0.1, -0.05) is 20.8 Å². The van der Waals surface area contributed by atoms with Gasteiger partial charge in [0.25, 0.3) is 0 Å². The zero-order valence-corrected chi connectivity index (χ0v) is 11.3. The molecule has 0 aliphatic heterocycles. The Bertz CT molecular complexity index is 221. The fraction of sp³-hybridized carbons (Fsp3) is 0.929. The fourth-order valence-electron chi connectivity index (χ4n) is 2.81. The van der Waals surface area contributed by atoms with Crippen molar-refractivity contribution in [1.82, 2.24) is 5.32 Å². The molecule has 0 spiro atoms. The van der Waals surface area contributed by atoms with Gasteiger partial charge in [-0.15, -0.1) is 0 Å². The van der Waals surface area contributed by atoms with Gasteiger partial charge in [-0.05, 0) is 50.4 Å². The van der Waals surface area contributed by atoms with Crippen LogP contribution in [0.1, 0.15) is 59.8 Å². The van der Waals surface area contributed by atoms with Gasteiger partial charge in [0.2, 0.25) is 5.91 Å². The molecule has 16 heavy (non-hydrogen) atoms. The van der Waals surface area contributed by atoms with Crippen molar-refractivity contribution in [3.05, 3.63) is 0 Å². The van der Waals surface area contributed by atoms with Gasteiger partial charge in [-0.2, -0.15) is 0 Å². The van der Waals surface area contributed by atoms with Crippen LogP contribution in [0.4, 0.5) is 0 Å². The van der Waals surface area contributed by atoms with E-state index in [1.807, 2.05) is 6.92 Å². The van der Waals surface area contributed by atoms with Crippen molar-refractivity contribution in [3.63, 3.8) is 0 Å². The van der Waals surface area contributed by atoms with E-state index in [-0.39, 0.29) is 11.8 Å². The van der Waals surface area contributed by atoms with E-state index < -0.39 is 0 Å². The maximum atomic E-state index is 11.7. The topological polar surface area (TPSA) is 29.1 Å². The predicted molar refractivity (Wildman–Crippen MR) is 68.2 cm³/mol. The molecule has 0 aromatic rings. The average Bonchev–Trinajstić information content (AvgIpc) is 2.16. The summed E-state index contributed by atoms with van der Waals surface area (Å²) in [7, 11) is 0. The maximum Gasteiger partial charge on any atom is 0.223 e. The maximum absolute atomic E-state index is 11.7. The fourth-order valence-corrected chi connectivity index (χ4v) is 2.81. The summed E-state index contributed by atoms with van der Waals surface area (Å²) in [6.07, 6.45) is 5.95. The van der Waals surface area contributed by atoms with Crippen molar-refractivity contribution >= 4 is 5.91 Å². The second-order valence-electron chi connectivity index (χ2n) is 6.38. The van der Waals surface area contributed by atoms with Gasteiger partial charge < -0.3 is 5.32 Å².